The van der Waals surface area contributed by atoms with E-state index in [1.54, 1.807) is 24.3 Å². The molecule has 3 N–H and O–H groups in total. The number of halogens is 1. The summed E-state index contributed by atoms with van der Waals surface area (Å²) >= 11 is 7.60. The fourth-order valence-corrected chi connectivity index (χ4v) is 4.35. The van der Waals surface area contributed by atoms with E-state index in [1.807, 2.05) is 23.6 Å². The highest BCUT2D eigenvalue weighted by molar-refractivity contribution is 7.98. The Balaban J connectivity index is 1.49. The van der Waals surface area contributed by atoms with Gasteiger partial charge in [0, 0.05) is 40.5 Å². The number of nitrogens with zero attached hydrogens (tertiary/aromatic N) is 3. The number of hydrogen-bond acceptors (Lipinski definition) is 6. The molecule has 8 nitrogen and oxygen atoms in total. The van der Waals surface area contributed by atoms with Crippen molar-refractivity contribution >= 4 is 40.2 Å². The first kappa shape index (κ1) is 21.9. The lowest BCUT2D eigenvalue weighted by Crippen LogP contribution is -2.12. The Morgan fingerprint density at radius 1 is 1.22 bits per heavy atom. The number of nitrogens with two attached hydrogens (primary N) is 1. The molecule has 4 aromatic rings. The van der Waals surface area contributed by atoms with Gasteiger partial charge >= 0.3 is 0 Å². The number of carbonyl (C=O) groups is 1. The summed E-state index contributed by atoms with van der Waals surface area (Å²) in [5, 5.41) is 10.2. The van der Waals surface area contributed by atoms with Crippen LogP contribution in [0.2, 0.25) is 5.02 Å². The molecule has 0 bridgehead atoms. The van der Waals surface area contributed by atoms with Crippen LogP contribution < -0.4 is 15.9 Å². The van der Waals surface area contributed by atoms with E-state index < -0.39 is 5.91 Å². The number of pyridine rings is 1. The third kappa shape index (κ3) is 4.63. The quantitative estimate of drug-likeness (QED) is 0.379. The largest absolute Gasteiger partial charge is 0.484 e. The van der Waals surface area contributed by atoms with Crippen LogP contribution in [0.4, 0.5) is 0 Å². The molecular weight excluding hydrogens is 450 g/mol. The highest BCUT2D eigenvalue weighted by Gasteiger charge is 2.14. The van der Waals surface area contributed by atoms with Crippen molar-refractivity contribution in [1.29, 1.82) is 0 Å². The normalized spacial score (nSPS) is 11.1. The number of nitrogens with one attached hydrogen (secondary N) is 1. The van der Waals surface area contributed by atoms with E-state index in [1.165, 1.54) is 23.9 Å². The van der Waals surface area contributed by atoms with Crippen LogP contribution in [-0.4, -0.2) is 25.7 Å². The number of amides is 1. The minimum atomic E-state index is -0.570. The number of primary amides is 1. The summed E-state index contributed by atoms with van der Waals surface area (Å²) in [6.45, 7) is 2.90. The number of aromatic amines is 1. The summed E-state index contributed by atoms with van der Waals surface area (Å²) in [7, 11) is 0. The Kier molecular flexibility index (Phi) is 6.48. The molecule has 10 heteroatoms. The molecule has 2 aromatic heterocycles. The van der Waals surface area contributed by atoms with Crippen molar-refractivity contribution in [1.82, 2.24) is 19.7 Å². The highest BCUT2D eigenvalue weighted by Crippen LogP contribution is 2.25. The van der Waals surface area contributed by atoms with Gasteiger partial charge in [0.25, 0.3) is 0 Å². The van der Waals surface area contributed by atoms with Gasteiger partial charge in [0.05, 0.1) is 5.02 Å². The zero-order chi connectivity index (χ0) is 22.7. The van der Waals surface area contributed by atoms with Gasteiger partial charge in [-0.2, -0.15) is 0 Å². The van der Waals surface area contributed by atoms with Crippen LogP contribution in [0.3, 0.4) is 0 Å². The monoisotopic (exact) mass is 469 g/mol. The van der Waals surface area contributed by atoms with Gasteiger partial charge in [-0.1, -0.05) is 35.5 Å². The van der Waals surface area contributed by atoms with Gasteiger partial charge in [-0.25, -0.2) is 0 Å². The number of fused-ring (bicyclic) bond motifs is 1. The van der Waals surface area contributed by atoms with Gasteiger partial charge in [0.2, 0.25) is 5.91 Å². The number of H-pyrrole nitrogens is 1. The standard InChI is InChI=1S/C22H20ClN5O3S/c1-2-28-20(11-31-19-6-4-3-5-16(19)23)26-27-22(28)32-12-14-10-18(29)15-9-13(21(24)30)7-8-17(15)25-14/h3-10H,2,11-12H2,1H3,(H2,24,30)(H,25,29). The lowest BCUT2D eigenvalue weighted by molar-refractivity contribution is 0.100. The van der Waals surface area contributed by atoms with Crippen molar-refractivity contribution < 1.29 is 9.53 Å². The Bertz CT molecular complexity index is 1350. The number of thioether (sulfide) groups is 1. The second kappa shape index (κ2) is 9.46. The number of ether oxygens (including phenoxy) is 1. The lowest BCUT2D eigenvalue weighted by atomic mass is 10.1. The molecule has 2 aromatic carbocycles. The van der Waals surface area contributed by atoms with Gasteiger partial charge in [-0.05, 0) is 37.3 Å². The summed E-state index contributed by atoms with van der Waals surface area (Å²) in [5.41, 5.74) is 6.80. The molecule has 0 aliphatic heterocycles. The summed E-state index contributed by atoms with van der Waals surface area (Å²) in [4.78, 5) is 27.1. The van der Waals surface area contributed by atoms with Crippen LogP contribution in [0, 0.1) is 0 Å². The molecule has 0 radical (unpaired) electrons. The van der Waals surface area contributed by atoms with Crippen LogP contribution in [0.15, 0.2) is 58.5 Å². The average molecular weight is 470 g/mol. The molecule has 32 heavy (non-hydrogen) atoms. The molecule has 1 amide bonds. The van der Waals surface area contributed by atoms with Crippen LogP contribution in [-0.2, 0) is 18.9 Å². The first-order valence-corrected chi connectivity index (χ1v) is 11.2. The maximum absolute atomic E-state index is 12.5. The van der Waals surface area contributed by atoms with Crippen LogP contribution in [0.5, 0.6) is 5.75 Å². The number of para-hydroxylation sites is 1. The maximum atomic E-state index is 12.5. The second-order valence-corrected chi connectivity index (χ2v) is 8.28. The molecule has 0 saturated carbocycles. The van der Waals surface area contributed by atoms with E-state index in [0.29, 0.717) is 45.4 Å². The Hall–Kier alpha value is -3.30. The molecule has 0 fully saturated rings. The van der Waals surface area contributed by atoms with Crippen molar-refractivity contribution in [2.24, 2.45) is 5.73 Å². The van der Waals surface area contributed by atoms with Crippen molar-refractivity contribution in [3.05, 3.63) is 80.9 Å². The predicted octanol–water partition coefficient (Wildman–Crippen LogP) is 3.76. The van der Waals surface area contributed by atoms with Gasteiger partial charge < -0.3 is 20.0 Å². The Morgan fingerprint density at radius 2 is 2.03 bits per heavy atom. The lowest BCUT2D eigenvalue weighted by Gasteiger charge is -2.10. The van der Waals surface area contributed by atoms with E-state index in [0.717, 1.165) is 10.9 Å². The summed E-state index contributed by atoms with van der Waals surface area (Å²) in [6.07, 6.45) is 0. The SMILES string of the molecule is CCn1c(COc2ccccc2Cl)nnc1SCc1cc(=O)c2cc(C(N)=O)ccc2[nH]1. The highest BCUT2D eigenvalue weighted by atomic mass is 35.5. The van der Waals surface area contributed by atoms with Crippen LogP contribution in [0.1, 0.15) is 28.8 Å². The number of hydrogen-bond donors (Lipinski definition) is 2. The van der Waals surface area contributed by atoms with Crippen molar-refractivity contribution in [3.8, 4) is 5.75 Å². The molecule has 0 unspecified atom stereocenters. The first-order valence-electron chi connectivity index (χ1n) is 9.84. The second-order valence-electron chi connectivity index (χ2n) is 6.93. The molecule has 0 aliphatic rings. The fraction of sp³-hybridized carbons (Fsp3) is 0.182. The Morgan fingerprint density at radius 3 is 2.78 bits per heavy atom. The summed E-state index contributed by atoms with van der Waals surface area (Å²) in [6, 6.07) is 13.6. The molecule has 164 valence electrons. The van der Waals surface area contributed by atoms with E-state index >= 15 is 0 Å². The Labute approximate surface area is 192 Å². The molecule has 0 spiro atoms. The van der Waals surface area contributed by atoms with E-state index in [-0.39, 0.29) is 12.0 Å². The number of rotatable bonds is 8. The number of carbonyl (C=O) groups excluding carboxylic acids is 1. The summed E-state index contributed by atoms with van der Waals surface area (Å²) < 4.78 is 7.75. The van der Waals surface area contributed by atoms with Gasteiger partial charge in [0.15, 0.2) is 16.4 Å². The summed E-state index contributed by atoms with van der Waals surface area (Å²) in [5.74, 6) is 1.19. The van der Waals surface area contributed by atoms with Crippen molar-refractivity contribution in [3.63, 3.8) is 0 Å². The van der Waals surface area contributed by atoms with Gasteiger partial charge in [-0.3, -0.25) is 9.59 Å². The molecule has 0 aliphatic carbocycles. The van der Waals surface area contributed by atoms with E-state index in [2.05, 4.69) is 15.2 Å². The first-order chi connectivity index (χ1) is 15.5. The van der Waals surface area contributed by atoms with Crippen LogP contribution in [0.25, 0.3) is 10.9 Å². The van der Waals surface area contributed by atoms with E-state index in [9.17, 15) is 9.59 Å². The van der Waals surface area contributed by atoms with Gasteiger partial charge in [0.1, 0.15) is 12.4 Å². The van der Waals surface area contributed by atoms with E-state index in [4.69, 9.17) is 22.1 Å². The number of benzene rings is 2. The predicted molar refractivity (Wildman–Crippen MR) is 124 cm³/mol. The minimum Gasteiger partial charge on any atom is -0.484 e. The van der Waals surface area contributed by atoms with Gasteiger partial charge in [-0.15, -0.1) is 10.2 Å². The molecule has 0 saturated heterocycles. The van der Waals surface area contributed by atoms with Crippen molar-refractivity contribution in [2.45, 2.75) is 31.0 Å². The topological polar surface area (TPSA) is 116 Å². The number of aromatic nitrogens is 4. The fourth-order valence-electron chi connectivity index (χ4n) is 3.23. The third-order valence-electron chi connectivity index (χ3n) is 4.83. The smallest absolute Gasteiger partial charge is 0.248 e. The molecule has 4 rings (SSSR count). The minimum absolute atomic E-state index is 0.178. The molecular formula is C22H20ClN5O3S. The van der Waals surface area contributed by atoms with Crippen molar-refractivity contribution in [2.75, 3.05) is 0 Å². The third-order valence-corrected chi connectivity index (χ3v) is 6.16. The average Bonchev–Trinajstić information content (AvgIpc) is 3.18. The maximum Gasteiger partial charge on any atom is 0.248 e. The molecule has 0 atom stereocenters. The zero-order valence-corrected chi connectivity index (χ0v) is 18.7. The zero-order valence-electron chi connectivity index (χ0n) is 17.2. The molecule has 2 heterocycles. The van der Waals surface area contributed by atoms with Crippen LogP contribution >= 0.6 is 23.4 Å².